The molecule has 0 atom stereocenters. The van der Waals surface area contributed by atoms with Crippen LogP contribution in [0.2, 0.25) is 5.02 Å². The molecule has 0 unspecified atom stereocenters. The minimum atomic E-state index is 0.743. The first-order chi connectivity index (χ1) is 9.29. The standard InChI is InChI=1S/C16H15ClN2/c1-2-10-19-15-9-4-3-8-14(15)18-16(19)12-6-5-7-13(17)11-12/h3-9,11H,2,10H2,1H3. The number of benzene rings is 2. The highest BCUT2D eigenvalue weighted by Crippen LogP contribution is 2.26. The first-order valence-electron chi connectivity index (χ1n) is 6.51. The first-order valence-corrected chi connectivity index (χ1v) is 6.88. The summed E-state index contributed by atoms with van der Waals surface area (Å²) in [5.41, 5.74) is 3.28. The van der Waals surface area contributed by atoms with Gasteiger partial charge in [0.2, 0.25) is 0 Å². The largest absolute Gasteiger partial charge is 0.324 e. The quantitative estimate of drug-likeness (QED) is 0.670. The van der Waals surface area contributed by atoms with E-state index in [4.69, 9.17) is 16.6 Å². The average molecular weight is 271 g/mol. The number of aryl methyl sites for hydroxylation is 1. The molecule has 0 fully saturated rings. The average Bonchev–Trinajstić information content (AvgIpc) is 2.79. The highest BCUT2D eigenvalue weighted by molar-refractivity contribution is 6.30. The zero-order valence-electron chi connectivity index (χ0n) is 10.8. The molecule has 0 aliphatic heterocycles. The molecule has 2 nitrogen and oxygen atoms in total. The van der Waals surface area contributed by atoms with Crippen LogP contribution in [0, 0.1) is 0 Å². The number of para-hydroxylation sites is 2. The van der Waals surface area contributed by atoms with Gasteiger partial charge < -0.3 is 4.57 Å². The van der Waals surface area contributed by atoms with Crippen LogP contribution in [0.15, 0.2) is 48.5 Å². The molecule has 1 heterocycles. The third-order valence-corrected chi connectivity index (χ3v) is 3.42. The van der Waals surface area contributed by atoms with Gasteiger partial charge in [-0.05, 0) is 30.7 Å². The van der Waals surface area contributed by atoms with Gasteiger partial charge in [-0.25, -0.2) is 4.98 Å². The predicted octanol–water partition coefficient (Wildman–Crippen LogP) is 4.77. The van der Waals surface area contributed by atoms with E-state index < -0.39 is 0 Å². The van der Waals surface area contributed by atoms with Crippen molar-refractivity contribution in [2.24, 2.45) is 0 Å². The Bertz CT molecular complexity index is 716. The predicted molar refractivity (Wildman–Crippen MR) is 80.5 cm³/mol. The Labute approximate surface area is 117 Å². The summed E-state index contributed by atoms with van der Waals surface area (Å²) in [6.45, 7) is 3.14. The maximum atomic E-state index is 6.09. The Hall–Kier alpha value is -1.80. The van der Waals surface area contributed by atoms with Crippen molar-refractivity contribution in [2.75, 3.05) is 0 Å². The monoisotopic (exact) mass is 270 g/mol. The lowest BCUT2D eigenvalue weighted by Gasteiger charge is -2.07. The summed E-state index contributed by atoms with van der Waals surface area (Å²) < 4.78 is 2.26. The Balaban J connectivity index is 2.25. The second kappa shape index (κ2) is 5.06. The lowest BCUT2D eigenvalue weighted by atomic mass is 10.2. The Kier molecular flexibility index (Phi) is 3.26. The van der Waals surface area contributed by atoms with Crippen molar-refractivity contribution in [2.45, 2.75) is 19.9 Å². The first kappa shape index (κ1) is 12.2. The van der Waals surface area contributed by atoms with Gasteiger partial charge in [0.05, 0.1) is 11.0 Å². The summed E-state index contributed by atoms with van der Waals surface area (Å²) in [6, 6.07) is 16.1. The molecule has 0 spiro atoms. The summed E-state index contributed by atoms with van der Waals surface area (Å²) in [6.07, 6.45) is 1.08. The maximum Gasteiger partial charge on any atom is 0.141 e. The fraction of sp³-hybridized carbons (Fsp3) is 0.188. The molecule has 96 valence electrons. The van der Waals surface area contributed by atoms with E-state index in [9.17, 15) is 0 Å². The van der Waals surface area contributed by atoms with Crippen molar-refractivity contribution in [1.29, 1.82) is 0 Å². The van der Waals surface area contributed by atoms with Crippen LogP contribution in [0.4, 0.5) is 0 Å². The lowest BCUT2D eigenvalue weighted by molar-refractivity contribution is 0.704. The highest BCUT2D eigenvalue weighted by atomic mass is 35.5. The van der Waals surface area contributed by atoms with E-state index in [-0.39, 0.29) is 0 Å². The second-order valence-electron chi connectivity index (χ2n) is 4.59. The molecular formula is C16H15ClN2. The normalized spacial score (nSPS) is 11.1. The van der Waals surface area contributed by atoms with Gasteiger partial charge >= 0.3 is 0 Å². The third-order valence-electron chi connectivity index (χ3n) is 3.18. The van der Waals surface area contributed by atoms with Crippen LogP contribution in [0.5, 0.6) is 0 Å². The molecule has 3 heteroatoms. The van der Waals surface area contributed by atoms with Gasteiger partial charge in [-0.1, -0.05) is 42.8 Å². The minimum absolute atomic E-state index is 0.743. The van der Waals surface area contributed by atoms with Crippen LogP contribution in [0.1, 0.15) is 13.3 Å². The molecule has 0 aliphatic rings. The molecule has 0 bridgehead atoms. The molecule has 0 N–H and O–H groups in total. The highest BCUT2D eigenvalue weighted by Gasteiger charge is 2.11. The van der Waals surface area contributed by atoms with Gasteiger partial charge in [-0.3, -0.25) is 0 Å². The van der Waals surface area contributed by atoms with Gasteiger partial charge in [-0.2, -0.15) is 0 Å². The summed E-state index contributed by atoms with van der Waals surface area (Å²) in [7, 11) is 0. The van der Waals surface area contributed by atoms with Crippen molar-refractivity contribution in [3.8, 4) is 11.4 Å². The fourth-order valence-electron chi connectivity index (χ4n) is 2.37. The van der Waals surface area contributed by atoms with Gasteiger partial charge in [0.1, 0.15) is 5.82 Å². The molecule has 3 rings (SSSR count). The van der Waals surface area contributed by atoms with Gasteiger partial charge in [0.25, 0.3) is 0 Å². The molecule has 0 saturated heterocycles. The molecular weight excluding hydrogens is 256 g/mol. The van der Waals surface area contributed by atoms with Crippen LogP contribution in [0.25, 0.3) is 22.4 Å². The maximum absolute atomic E-state index is 6.09. The van der Waals surface area contributed by atoms with E-state index in [0.29, 0.717) is 0 Å². The van der Waals surface area contributed by atoms with Crippen LogP contribution in [-0.2, 0) is 6.54 Å². The summed E-state index contributed by atoms with van der Waals surface area (Å²) in [5, 5.41) is 0.743. The van der Waals surface area contributed by atoms with Gasteiger partial charge in [0, 0.05) is 17.1 Å². The minimum Gasteiger partial charge on any atom is -0.324 e. The SMILES string of the molecule is CCCn1c(-c2cccc(Cl)c2)nc2ccccc21. The van der Waals surface area contributed by atoms with E-state index in [1.165, 1.54) is 5.52 Å². The molecule has 2 aromatic carbocycles. The second-order valence-corrected chi connectivity index (χ2v) is 5.02. The van der Waals surface area contributed by atoms with E-state index >= 15 is 0 Å². The number of fused-ring (bicyclic) bond motifs is 1. The van der Waals surface area contributed by atoms with Crippen LogP contribution in [-0.4, -0.2) is 9.55 Å². The molecule has 0 amide bonds. The van der Waals surface area contributed by atoms with Crippen LogP contribution >= 0.6 is 11.6 Å². The van der Waals surface area contributed by atoms with Gasteiger partial charge in [-0.15, -0.1) is 0 Å². The van der Waals surface area contributed by atoms with Crippen molar-refractivity contribution in [3.63, 3.8) is 0 Å². The summed E-state index contributed by atoms with van der Waals surface area (Å²) in [4.78, 5) is 4.75. The zero-order valence-corrected chi connectivity index (χ0v) is 11.6. The zero-order chi connectivity index (χ0) is 13.2. The summed E-state index contributed by atoms with van der Waals surface area (Å²) in [5.74, 6) is 0.991. The summed E-state index contributed by atoms with van der Waals surface area (Å²) >= 11 is 6.09. The smallest absolute Gasteiger partial charge is 0.141 e. The molecule has 19 heavy (non-hydrogen) atoms. The van der Waals surface area contributed by atoms with Crippen molar-refractivity contribution < 1.29 is 0 Å². The van der Waals surface area contributed by atoms with Crippen LogP contribution in [0.3, 0.4) is 0 Å². The van der Waals surface area contributed by atoms with Crippen LogP contribution < -0.4 is 0 Å². The van der Waals surface area contributed by atoms with E-state index in [1.54, 1.807) is 0 Å². The van der Waals surface area contributed by atoms with E-state index in [2.05, 4.69) is 35.8 Å². The topological polar surface area (TPSA) is 17.8 Å². The number of hydrogen-bond donors (Lipinski definition) is 0. The number of imidazole rings is 1. The molecule has 1 aromatic heterocycles. The number of rotatable bonds is 3. The van der Waals surface area contributed by atoms with Gasteiger partial charge in [0.15, 0.2) is 0 Å². The molecule has 3 aromatic rings. The molecule has 0 saturated carbocycles. The molecule has 0 aliphatic carbocycles. The third kappa shape index (κ3) is 2.24. The Morgan fingerprint density at radius 2 is 1.95 bits per heavy atom. The fourth-order valence-corrected chi connectivity index (χ4v) is 2.56. The van der Waals surface area contributed by atoms with Crippen molar-refractivity contribution in [1.82, 2.24) is 9.55 Å². The van der Waals surface area contributed by atoms with E-state index in [1.807, 2.05) is 24.3 Å². The number of halogens is 1. The van der Waals surface area contributed by atoms with Crippen molar-refractivity contribution >= 4 is 22.6 Å². The van der Waals surface area contributed by atoms with E-state index in [0.717, 1.165) is 34.9 Å². The Morgan fingerprint density at radius 1 is 1.11 bits per heavy atom. The van der Waals surface area contributed by atoms with Crippen molar-refractivity contribution in [3.05, 3.63) is 53.6 Å². The number of aromatic nitrogens is 2. The lowest BCUT2D eigenvalue weighted by Crippen LogP contribution is -1.99. The number of nitrogens with zero attached hydrogens (tertiary/aromatic N) is 2. The number of hydrogen-bond acceptors (Lipinski definition) is 1. The Morgan fingerprint density at radius 3 is 2.74 bits per heavy atom. The molecule has 0 radical (unpaired) electrons.